The summed E-state index contributed by atoms with van der Waals surface area (Å²) in [6.07, 6.45) is 7.46. The Hall–Kier alpha value is -3.69. The molecule has 33 heavy (non-hydrogen) atoms. The molecule has 1 aromatic carbocycles. The van der Waals surface area contributed by atoms with Gasteiger partial charge in [-0.15, -0.1) is 0 Å². The Kier molecular flexibility index (Phi) is 5.35. The Bertz CT molecular complexity index is 1090. The summed E-state index contributed by atoms with van der Waals surface area (Å²) in [7, 11) is 1.55. The van der Waals surface area contributed by atoms with Crippen LogP contribution in [0.3, 0.4) is 0 Å². The fourth-order valence-corrected chi connectivity index (χ4v) is 5.14. The highest BCUT2D eigenvalue weighted by molar-refractivity contribution is 6.08. The lowest BCUT2D eigenvalue weighted by molar-refractivity contribution is -0.127. The molecular weight excluding hydrogens is 426 g/mol. The summed E-state index contributed by atoms with van der Waals surface area (Å²) in [4.78, 5) is 47.9. The predicted molar refractivity (Wildman–Crippen MR) is 116 cm³/mol. The van der Waals surface area contributed by atoms with Crippen LogP contribution in [0.4, 0.5) is 4.79 Å². The average molecular weight is 451 g/mol. The van der Waals surface area contributed by atoms with Gasteiger partial charge in [-0.05, 0) is 49.3 Å². The number of nitrogens with zero attached hydrogens (tertiary/aromatic N) is 3. The van der Waals surface area contributed by atoms with Crippen molar-refractivity contribution >= 4 is 17.8 Å². The number of nitrogens with one attached hydrogen (secondary N) is 2. The van der Waals surface area contributed by atoms with Gasteiger partial charge in [-0.25, -0.2) is 14.8 Å². The van der Waals surface area contributed by atoms with Gasteiger partial charge in [0.05, 0.1) is 32.2 Å². The molecule has 1 aliphatic carbocycles. The molecular formula is C23H25N5O5. The van der Waals surface area contributed by atoms with E-state index in [1.165, 1.54) is 6.33 Å². The lowest BCUT2D eigenvalue weighted by Gasteiger charge is -2.41. The second-order valence-corrected chi connectivity index (χ2v) is 8.73. The smallest absolute Gasteiger partial charge is 0.322 e. The molecule has 10 nitrogen and oxygen atoms in total. The van der Waals surface area contributed by atoms with Crippen molar-refractivity contribution in [2.75, 3.05) is 13.7 Å². The number of rotatable bonds is 6. The molecule has 5 rings (SSSR count). The van der Waals surface area contributed by atoms with Crippen LogP contribution in [0.5, 0.6) is 11.5 Å². The summed E-state index contributed by atoms with van der Waals surface area (Å²) >= 11 is 0. The van der Waals surface area contributed by atoms with Crippen LogP contribution < -0.4 is 20.1 Å². The molecule has 0 radical (unpaired) electrons. The summed E-state index contributed by atoms with van der Waals surface area (Å²) in [5.74, 6) is 0.543. The topological polar surface area (TPSA) is 123 Å². The first-order chi connectivity index (χ1) is 16.0. The van der Waals surface area contributed by atoms with E-state index in [0.717, 1.165) is 18.4 Å². The molecule has 3 aliphatic rings. The van der Waals surface area contributed by atoms with E-state index in [9.17, 15) is 14.4 Å². The Balaban J connectivity index is 1.32. The van der Waals surface area contributed by atoms with Gasteiger partial charge in [-0.3, -0.25) is 14.9 Å². The average Bonchev–Trinajstić information content (AvgIpc) is 3.29. The Morgan fingerprint density at radius 2 is 1.85 bits per heavy atom. The van der Waals surface area contributed by atoms with E-state index >= 15 is 0 Å². The number of benzene rings is 1. The van der Waals surface area contributed by atoms with Crippen LogP contribution in [-0.2, 0) is 11.3 Å². The molecule has 3 heterocycles. The molecule has 172 valence electrons. The van der Waals surface area contributed by atoms with Gasteiger partial charge in [0, 0.05) is 12.1 Å². The van der Waals surface area contributed by atoms with Crippen molar-refractivity contribution in [1.29, 1.82) is 0 Å². The summed E-state index contributed by atoms with van der Waals surface area (Å²) in [5, 5.41) is 5.26. The predicted octanol–water partition coefficient (Wildman–Crippen LogP) is 1.66. The monoisotopic (exact) mass is 451 g/mol. The van der Waals surface area contributed by atoms with Crippen LogP contribution >= 0.6 is 0 Å². The molecule has 2 aromatic rings. The minimum Gasteiger partial charge on any atom is -0.497 e. The number of amides is 4. The number of carbonyl (C=O) groups excluding carboxylic acids is 3. The van der Waals surface area contributed by atoms with Crippen molar-refractivity contribution < 1.29 is 23.9 Å². The van der Waals surface area contributed by atoms with Crippen LogP contribution in [0.15, 0.2) is 36.9 Å². The second kappa shape index (κ2) is 8.34. The van der Waals surface area contributed by atoms with E-state index in [1.807, 2.05) is 12.1 Å². The van der Waals surface area contributed by atoms with Crippen LogP contribution in [0.25, 0.3) is 0 Å². The van der Waals surface area contributed by atoms with Gasteiger partial charge in [-0.2, -0.15) is 0 Å². The van der Waals surface area contributed by atoms with Crippen LogP contribution in [0.1, 0.15) is 41.6 Å². The Morgan fingerprint density at radius 1 is 1.09 bits per heavy atom. The minimum atomic E-state index is -1.17. The zero-order chi connectivity index (χ0) is 23.0. The molecule has 0 bridgehead atoms. The molecule has 0 unspecified atom stereocenters. The largest absolute Gasteiger partial charge is 0.497 e. The molecule has 1 saturated carbocycles. The molecule has 1 atom stereocenters. The van der Waals surface area contributed by atoms with Crippen molar-refractivity contribution in [1.82, 2.24) is 25.5 Å². The highest BCUT2D eigenvalue weighted by Gasteiger charge is 2.54. The highest BCUT2D eigenvalue weighted by Crippen LogP contribution is 2.38. The molecule has 4 amide bonds. The van der Waals surface area contributed by atoms with E-state index in [4.69, 9.17) is 9.47 Å². The maximum atomic E-state index is 13.1. The number of methoxy groups -OCH3 is 1. The van der Waals surface area contributed by atoms with Gasteiger partial charge < -0.3 is 19.7 Å². The van der Waals surface area contributed by atoms with Crippen LogP contribution in [-0.4, -0.2) is 58.0 Å². The van der Waals surface area contributed by atoms with Crippen molar-refractivity contribution in [3.63, 3.8) is 0 Å². The first-order valence-corrected chi connectivity index (χ1v) is 11.0. The van der Waals surface area contributed by atoms with Gasteiger partial charge in [-0.1, -0.05) is 6.07 Å². The summed E-state index contributed by atoms with van der Waals surface area (Å²) in [6.45, 7) is 0.499. The summed E-state index contributed by atoms with van der Waals surface area (Å²) in [5.41, 5.74) is 0.277. The summed E-state index contributed by atoms with van der Waals surface area (Å²) in [6, 6.07) is 4.87. The molecule has 2 aliphatic heterocycles. The van der Waals surface area contributed by atoms with Gasteiger partial charge in [0.1, 0.15) is 17.6 Å². The van der Waals surface area contributed by atoms with Crippen molar-refractivity contribution in [2.24, 2.45) is 5.92 Å². The SMILES string of the molecule is COc1ccc2c(c1)C(=O)N(C[C@@]1(C3CCC(Oc4cncnc4)CC3)NC(=O)NC1=O)C2. The lowest BCUT2D eigenvalue weighted by atomic mass is 9.73. The fourth-order valence-electron chi connectivity index (χ4n) is 5.14. The van der Waals surface area contributed by atoms with E-state index < -0.39 is 11.6 Å². The molecule has 1 saturated heterocycles. The zero-order valence-corrected chi connectivity index (χ0v) is 18.2. The van der Waals surface area contributed by atoms with Gasteiger partial charge in [0.15, 0.2) is 5.75 Å². The number of fused-ring (bicyclic) bond motifs is 1. The van der Waals surface area contributed by atoms with E-state index in [0.29, 0.717) is 36.4 Å². The maximum Gasteiger partial charge on any atom is 0.322 e. The summed E-state index contributed by atoms with van der Waals surface area (Å²) < 4.78 is 11.2. The third kappa shape index (κ3) is 3.85. The number of carbonyl (C=O) groups is 3. The molecule has 2 fully saturated rings. The van der Waals surface area contributed by atoms with Crippen LogP contribution in [0.2, 0.25) is 0 Å². The minimum absolute atomic E-state index is 0.0189. The molecule has 1 aromatic heterocycles. The number of ether oxygens (including phenoxy) is 2. The van der Waals surface area contributed by atoms with Crippen molar-refractivity contribution in [3.05, 3.63) is 48.0 Å². The Labute approximate surface area is 190 Å². The number of hydrogen-bond donors (Lipinski definition) is 2. The van der Waals surface area contributed by atoms with Gasteiger partial charge >= 0.3 is 6.03 Å². The third-order valence-electron chi connectivity index (χ3n) is 6.82. The Morgan fingerprint density at radius 3 is 2.52 bits per heavy atom. The number of imide groups is 1. The molecule has 10 heteroatoms. The lowest BCUT2D eigenvalue weighted by Crippen LogP contribution is -2.61. The van der Waals surface area contributed by atoms with Gasteiger partial charge in [0.25, 0.3) is 11.8 Å². The first kappa shape index (κ1) is 21.2. The quantitative estimate of drug-likeness (QED) is 0.641. The van der Waals surface area contributed by atoms with E-state index in [1.54, 1.807) is 30.5 Å². The van der Waals surface area contributed by atoms with Crippen molar-refractivity contribution in [2.45, 2.75) is 43.9 Å². The number of urea groups is 1. The normalized spacial score (nSPS) is 26.6. The number of aromatic nitrogens is 2. The van der Waals surface area contributed by atoms with Gasteiger partial charge in [0.2, 0.25) is 0 Å². The maximum absolute atomic E-state index is 13.1. The van der Waals surface area contributed by atoms with E-state index in [-0.39, 0.29) is 30.4 Å². The van der Waals surface area contributed by atoms with Crippen LogP contribution in [0, 0.1) is 5.92 Å². The highest BCUT2D eigenvalue weighted by atomic mass is 16.5. The number of hydrogen-bond acceptors (Lipinski definition) is 7. The second-order valence-electron chi connectivity index (χ2n) is 8.73. The third-order valence-corrected chi connectivity index (χ3v) is 6.82. The van der Waals surface area contributed by atoms with E-state index in [2.05, 4.69) is 20.6 Å². The first-order valence-electron chi connectivity index (χ1n) is 11.0. The molecule has 2 N–H and O–H groups in total. The molecule has 0 spiro atoms. The standard InChI is InChI=1S/C23H25N5O5/c1-32-17-5-2-14-11-28(20(29)19(14)8-17)12-23(21(30)26-22(31)27-23)15-3-6-16(7-4-15)33-18-9-24-13-25-10-18/h2,5,8-10,13,15-16H,3-4,6-7,11-12H2,1H3,(H2,26,27,30,31)/t15?,16?,23-/m0/s1. The van der Waals surface area contributed by atoms with Crippen molar-refractivity contribution in [3.8, 4) is 11.5 Å². The fraction of sp³-hybridized carbons (Fsp3) is 0.435. The zero-order valence-electron chi connectivity index (χ0n) is 18.2.